The van der Waals surface area contributed by atoms with Crippen LogP contribution in [-0.2, 0) is 10.0 Å². The van der Waals surface area contributed by atoms with E-state index in [1.165, 1.54) is 16.4 Å². The maximum Gasteiger partial charge on any atom is 0.264 e. The zero-order valence-electron chi connectivity index (χ0n) is 11.9. The van der Waals surface area contributed by atoms with Gasteiger partial charge in [-0.1, -0.05) is 0 Å². The van der Waals surface area contributed by atoms with E-state index in [1.807, 2.05) is 0 Å². The lowest BCUT2D eigenvalue weighted by Gasteiger charge is -2.35. The third-order valence-corrected chi connectivity index (χ3v) is 5.41. The summed E-state index contributed by atoms with van der Waals surface area (Å²) in [6.07, 6.45) is 0. The molecule has 2 aromatic carbocycles. The van der Waals surface area contributed by atoms with Crippen molar-refractivity contribution in [3.05, 3.63) is 48.3 Å². The monoisotopic (exact) mass is 322 g/mol. The van der Waals surface area contributed by atoms with Gasteiger partial charge in [-0.2, -0.15) is 0 Å². The highest BCUT2D eigenvalue weighted by molar-refractivity contribution is 7.92. The van der Waals surface area contributed by atoms with E-state index in [9.17, 15) is 12.8 Å². The molecule has 5 nitrogen and oxygen atoms in total. The standard InChI is InChI=1S/C15H15FN2O3S/c1-10-9-21-15-7-4-12(17)8-14(15)18(10)22(19,20)13-5-2-11(16)3-6-13/h2-8,10H,9,17H2,1H3/t10-/m1/s1. The number of benzene rings is 2. The van der Waals surface area contributed by atoms with Gasteiger partial charge in [-0.25, -0.2) is 12.8 Å². The number of hydrogen-bond acceptors (Lipinski definition) is 4. The molecule has 22 heavy (non-hydrogen) atoms. The first-order valence-electron chi connectivity index (χ1n) is 6.72. The quantitative estimate of drug-likeness (QED) is 0.862. The fourth-order valence-electron chi connectivity index (χ4n) is 2.43. The number of nitrogens with zero attached hydrogens (tertiary/aromatic N) is 1. The Bertz CT molecular complexity index is 806. The fourth-order valence-corrected chi connectivity index (χ4v) is 4.07. The average Bonchev–Trinajstić information content (AvgIpc) is 2.47. The third kappa shape index (κ3) is 2.37. The molecule has 0 bridgehead atoms. The van der Waals surface area contributed by atoms with Crippen LogP contribution in [0.1, 0.15) is 6.92 Å². The van der Waals surface area contributed by atoms with Crippen LogP contribution in [0.3, 0.4) is 0 Å². The molecular weight excluding hydrogens is 307 g/mol. The number of halogens is 1. The van der Waals surface area contributed by atoms with E-state index in [2.05, 4.69) is 0 Å². The van der Waals surface area contributed by atoms with Gasteiger partial charge in [0.15, 0.2) is 0 Å². The van der Waals surface area contributed by atoms with E-state index in [0.717, 1.165) is 12.1 Å². The van der Waals surface area contributed by atoms with Gasteiger partial charge in [-0.05, 0) is 49.4 Å². The summed E-state index contributed by atoms with van der Waals surface area (Å²) in [4.78, 5) is 0.0241. The summed E-state index contributed by atoms with van der Waals surface area (Å²) in [5.74, 6) is -0.0309. The van der Waals surface area contributed by atoms with Gasteiger partial charge in [0.25, 0.3) is 10.0 Å². The smallest absolute Gasteiger partial charge is 0.264 e. The Morgan fingerprint density at radius 2 is 1.91 bits per heavy atom. The summed E-state index contributed by atoms with van der Waals surface area (Å²) in [5.41, 5.74) is 6.60. The highest BCUT2D eigenvalue weighted by Gasteiger charge is 2.35. The second-order valence-electron chi connectivity index (χ2n) is 5.14. The zero-order chi connectivity index (χ0) is 15.9. The molecule has 116 valence electrons. The highest BCUT2D eigenvalue weighted by atomic mass is 32.2. The maximum atomic E-state index is 13.0. The van der Waals surface area contributed by atoms with Crippen molar-refractivity contribution in [2.45, 2.75) is 17.9 Å². The summed E-state index contributed by atoms with van der Waals surface area (Å²) in [7, 11) is -3.83. The Balaban J connectivity index is 2.14. The molecule has 1 aliphatic heterocycles. The molecule has 0 amide bonds. The van der Waals surface area contributed by atoms with Crippen molar-refractivity contribution in [3.8, 4) is 5.75 Å². The van der Waals surface area contributed by atoms with Crippen LogP contribution >= 0.6 is 0 Å². The molecule has 0 saturated heterocycles. The van der Waals surface area contributed by atoms with Crippen molar-refractivity contribution in [1.29, 1.82) is 0 Å². The van der Waals surface area contributed by atoms with Gasteiger partial charge in [-0.3, -0.25) is 4.31 Å². The number of fused-ring (bicyclic) bond motifs is 1. The number of rotatable bonds is 2. The lowest BCUT2D eigenvalue weighted by atomic mass is 10.2. The lowest BCUT2D eigenvalue weighted by molar-refractivity contribution is 0.281. The van der Waals surface area contributed by atoms with E-state index in [-0.39, 0.29) is 11.5 Å². The van der Waals surface area contributed by atoms with E-state index in [1.54, 1.807) is 25.1 Å². The molecule has 0 aliphatic carbocycles. The number of nitrogen functional groups attached to an aromatic ring is 1. The van der Waals surface area contributed by atoms with E-state index in [0.29, 0.717) is 17.1 Å². The van der Waals surface area contributed by atoms with Crippen molar-refractivity contribution in [3.63, 3.8) is 0 Å². The summed E-state index contributed by atoms with van der Waals surface area (Å²) < 4.78 is 45.6. The first-order valence-corrected chi connectivity index (χ1v) is 8.16. The Hall–Kier alpha value is -2.28. The van der Waals surface area contributed by atoms with Crippen molar-refractivity contribution in [2.24, 2.45) is 0 Å². The minimum Gasteiger partial charge on any atom is -0.489 e. The molecule has 1 atom stereocenters. The van der Waals surface area contributed by atoms with Gasteiger partial charge >= 0.3 is 0 Å². The zero-order valence-corrected chi connectivity index (χ0v) is 12.7. The second kappa shape index (κ2) is 5.17. The van der Waals surface area contributed by atoms with Crippen LogP contribution in [0, 0.1) is 5.82 Å². The van der Waals surface area contributed by atoms with Crippen molar-refractivity contribution in [2.75, 3.05) is 16.6 Å². The summed E-state index contributed by atoms with van der Waals surface area (Å²) in [6.45, 7) is 1.98. The number of anilines is 2. The molecule has 2 N–H and O–H groups in total. The molecule has 0 fully saturated rings. The van der Waals surface area contributed by atoms with Crippen molar-refractivity contribution < 1.29 is 17.5 Å². The van der Waals surface area contributed by atoms with Crippen molar-refractivity contribution in [1.82, 2.24) is 0 Å². The number of hydrogen-bond donors (Lipinski definition) is 1. The Labute approximate surface area is 128 Å². The van der Waals surface area contributed by atoms with E-state index in [4.69, 9.17) is 10.5 Å². The summed E-state index contributed by atoms with van der Waals surface area (Å²) >= 11 is 0. The molecule has 1 heterocycles. The largest absolute Gasteiger partial charge is 0.489 e. The number of sulfonamides is 1. The van der Waals surface area contributed by atoms with Crippen LogP contribution in [0.4, 0.5) is 15.8 Å². The minimum absolute atomic E-state index is 0.0241. The molecule has 1 aliphatic rings. The first-order chi connectivity index (χ1) is 10.4. The number of ether oxygens (including phenoxy) is 1. The molecule has 0 radical (unpaired) electrons. The summed E-state index contributed by atoms with van der Waals surface area (Å²) in [6, 6.07) is 9.20. The maximum absolute atomic E-state index is 13.0. The molecule has 7 heteroatoms. The SMILES string of the molecule is C[C@@H]1COc2ccc(N)cc2N1S(=O)(=O)c1ccc(F)cc1. The highest BCUT2D eigenvalue weighted by Crippen LogP contribution is 2.38. The topological polar surface area (TPSA) is 72.6 Å². The Kier molecular flexibility index (Phi) is 3.44. The molecular formula is C15H15FN2O3S. The normalized spacial score (nSPS) is 17.7. The summed E-state index contributed by atoms with van der Waals surface area (Å²) in [5, 5.41) is 0. The fraction of sp³-hybridized carbons (Fsp3) is 0.200. The minimum atomic E-state index is -3.83. The van der Waals surface area contributed by atoms with E-state index < -0.39 is 21.9 Å². The second-order valence-corrected chi connectivity index (χ2v) is 6.96. The van der Waals surface area contributed by atoms with Gasteiger partial charge in [-0.15, -0.1) is 0 Å². The van der Waals surface area contributed by atoms with Crippen LogP contribution in [0.2, 0.25) is 0 Å². The third-order valence-electron chi connectivity index (χ3n) is 3.47. The van der Waals surface area contributed by atoms with Gasteiger partial charge < -0.3 is 10.5 Å². The van der Waals surface area contributed by atoms with Crippen LogP contribution in [0.25, 0.3) is 0 Å². The Morgan fingerprint density at radius 3 is 2.59 bits per heavy atom. The molecule has 2 aromatic rings. The van der Waals surface area contributed by atoms with Gasteiger partial charge in [0.2, 0.25) is 0 Å². The molecule has 3 rings (SSSR count). The van der Waals surface area contributed by atoms with Crippen LogP contribution in [0.15, 0.2) is 47.4 Å². The Morgan fingerprint density at radius 1 is 1.23 bits per heavy atom. The predicted molar refractivity (Wildman–Crippen MR) is 81.9 cm³/mol. The molecule has 0 aromatic heterocycles. The van der Waals surface area contributed by atoms with Crippen LogP contribution in [-0.4, -0.2) is 21.1 Å². The van der Waals surface area contributed by atoms with Crippen LogP contribution in [0.5, 0.6) is 5.75 Å². The predicted octanol–water partition coefficient (Wildman–Crippen LogP) is 2.38. The van der Waals surface area contributed by atoms with E-state index >= 15 is 0 Å². The number of nitrogens with two attached hydrogens (primary N) is 1. The first kappa shape index (κ1) is 14.6. The van der Waals surface area contributed by atoms with Crippen molar-refractivity contribution >= 4 is 21.4 Å². The molecule has 0 spiro atoms. The van der Waals surface area contributed by atoms with Gasteiger partial charge in [0, 0.05) is 5.69 Å². The van der Waals surface area contributed by atoms with Crippen LogP contribution < -0.4 is 14.8 Å². The van der Waals surface area contributed by atoms with Gasteiger partial charge in [0.1, 0.15) is 18.2 Å². The molecule has 0 unspecified atom stereocenters. The average molecular weight is 322 g/mol. The van der Waals surface area contributed by atoms with Gasteiger partial charge in [0.05, 0.1) is 16.6 Å². The molecule has 0 saturated carbocycles. The lowest BCUT2D eigenvalue weighted by Crippen LogP contribution is -2.45.